The van der Waals surface area contributed by atoms with Crippen LogP contribution in [0.3, 0.4) is 0 Å². The fourth-order valence-electron chi connectivity index (χ4n) is 2.68. The van der Waals surface area contributed by atoms with Gasteiger partial charge in [-0.2, -0.15) is 0 Å². The highest BCUT2D eigenvalue weighted by atomic mass is 16.2. The number of likely N-dealkylation sites (tertiary alicyclic amines) is 1. The highest BCUT2D eigenvalue weighted by Crippen LogP contribution is 2.17. The Morgan fingerprint density at radius 3 is 2.72 bits per heavy atom. The van der Waals surface area contributed by atoms with E-state index in [9.17, 15) is 9.59 Å². The first-order chi connectivity index (χ1) is 8.63. The molecule has 0 aromatic rings. The molecule has 2 heterocycles. The Morgan fingerprint density at radius 2 is 2.11 bits per heavy atom. The van der Waals surface area contributed by atoms with Crippen molar-refractivity contribution in [3.8, 4) is 0 Å². The summed E-state index contributed by atoms with van der Waals surface area (Å²) < 4.78 is 0. The maximum atomic E-state index is 12.3. The fraction of sp³-hybridized carbons (Fsp3) is 0.833. The van der Waals surface area contributed by atoms with Gasteiger partial charge in [-0.3, -0.25) is 4.79 Å². The predicted octanol–water partition coefficient (Wildman–Crippen LogP) is -0.437. The van der Waals surface area contributed by atoms with E-state index < -0.39 is 0 Å². The molecule has 2 atom stereocenters. The Labute approximate surface area is 108 Å². The van der Waals surface area contributed by atoms with Crippen molar-refractivity contribution in [1.82, 2.24) is 20.0 Å². The van der Waals surface area contributed by atoms with Gasteiger partial charge in [0.1, 0.15) is 0 Å². The lowest BCUT2D eigenvalue weighted by atomic mass is 10.2. The Morgan fingerprint density at radius 1 is 1.33 bits per heavy atom. The van der Waals surface area contributed by atoms with E-state index in [2.05, 4.69) is 5.32 Å². The summed E-state index contributed by atoms with van der Waals surface area (Å²) in [5.41, 5.74) is 0. The Kier molecular flexibility index (Phi) is 4.06. The zero-order valence-corrected chi connectivity index (χ0v) is 11.1. The monoisotopic (exact) mass is 254 g/mol. The molecule has 0 aromatic carbocycles. The number of carbonyl (C=O) groups excluding carboxylic acids is 2. The van der Waals surface area contributed by atoms with Crippen LogP contribution in [0.25, 0.3) is 0 Å². The zero-order valence-electron chi connectivity index (χ0n) is 11.1. The summed E-state index contributed by atoms with van der Waals surface area (Å²) in [4.78, 5) is 28.4. The third-order valence-corrected chi connectivity index (χ3v) is 4.06. The molecule has 2 rings (SSSR count). The SMILES string of the molecule is CN(C=O)C1CCN(C(=O)N(C)[C@@H]2CCNC2)C1. The molecule has 2 fully saturated rings. The minimum atomic E-state index is 0.0884. The number of nitrogens with zero attached hydrogens (tertiary/aromatic N) is 3. The van der Waals surface area contributed by atoms with Crippen LogP contribution in [0, 0.1) is 0 Å². The summed E-state index contributed by atoms with van der Waals surface area (Å²) in [5.74, 6) is 0. The van der Waals surface area contributed by atoms with Gasteiger partial charge in [-0.05, 0) is 19.4 Å². The third-order valence-electron chi connectivity index (χ3n) is 4.06. The molecule has 6 nitrogen and oxygen atoms in total. The molecule has 0 aromatic heterocycles. The molecule has 18 heavy (non-hydrogen) atoms. The number of hydrogen-bond acceptors (Lipinski definition) is 3. The molecule has 6 heteroatoms. The third kappa shape index (κ3) is 2.58. The molecular formula is C12H22N4O2. The summed E-state index contributed by atoms with van der Waals surface area (Å²) in [6, 6.07) is 0.562. The summed E-state index contributed by atoms with van der Waals surface area (Å²) in [7, 11) is 3.65. The second kappa shape index (κ2) is 5.56. The van der Waals surface area contributed by atoms with Gasteiger partial charge in [-0.25, -0.2) is 4.79 Å². The van der Waals surface area contributed by atoms with Crippen LogP contribution in [-0.4, -0.2) is 79.5 Å². The van der Waals surface area contributed by atoms with Crippen molar-refractivity contribution < 1.29 is 9.59 Å². The lowest BCUT2D eigenvalue weighted by Crippen LogP contribution is -2.46. The first kappa shape index (κ1) is 13.1. The van der Waals surface area contributed by atoms with Crippen molar-refractivity contribution >= 4 is 12.4 Å². The molecule has 2 aliphatic heterocycles. The van der Waals surface area contributed by atoms with E-state index in [0.717, 1.165) is 38.9 Å². The number of likely N-dealkylation sites (N-methyl/N-ethyl adjacent to an activating group) is 2. The summed E-state index contributed by atoms with van der Waals surface area (Å²) in [5, 5.41) is 3.27. The number of nitrogens with one attached hydrogen (secondary N) is 1. The van der Waals surface area contributed by atoms with Crippen molar-refractivity contribution in [2.45, 2.75) is 24.9 Å². The van der Waals surface area contributed by atoms with Crippen LogP contribution in [0.5, 0.6) is 0 Å². The van der Waals surface area contributed by atoms with Crippen LogP contribution in [0.15, 0.2) is 0 Å². The highest BCUT2D eigenvalue weighted by Gasteiger charge is 2.32. The number of amides is 3. The molecule has 0 aliphatic carbocycles. The normalized spacial score (nSPS) is 27.3. The first-order valence-corrected chi connectivity index (χ1v) is 6.53. The summed E-state index contributed by atoms with van der Waals surface area (Å²) >= 11 is 0. The fourth-order valence-corrected chi connectivity index (χ4v) is 2.68. The van der Waals surface area contributed by atoms with Crippen molar-refractivity contribution in [1.29, 1.82) is 0 Å². The molecule has 0 bridgehead atoms. The maximum Gasteiger partial charge on any atom is 0.320 e. The smallest absolute Gasteiger partial charge is 0.320 e. The van der Waals surface area contributed by atoms with Crippen LogP contribution in [0.4, 0.5) is 4.79 Å². The topological polar surface area (TPSA) is 55.9 Å². The summed E-state index contributed by atoms with van der Waals surface area (Å²) in [6.07, 6.45) is 2.73. The molecule has 1 unspecified atom stereocenters. The largest absolute Gasteiger partial charge is 0.343 e. The standard InChI is InChI=1S/C12H22N4O2/c1-14(9-17)11-4-6-16(8-11)12(18)15(2)10-3-5-13-7-10/h9-11,13H,3-8H2,1-2H3/t10-,11?/m1/s1. The molecule has 0 radical (unpaired) electrons. The minimum Gasteiger partial charge on any atom is -0.343 e. The van der Waals surface area contributed by atoms with Gasteiger partial charge < -0.3 is 20.0 Å². The van der Waals surface area contributed by atoms with E-state index in [0.29, 0.717) is 12.6 Å². The molecule has 2 aliphatic rings. The van der Waals surface area contributed by atoms with Crippen molar-refractivity contribution in [2.24, 2.45) is 0 Å². The van der Waals surface area contributed by atoms with E-state index in [1.54, 1.807) is 11.9 Å². The van der Waals surface area contributed by atoms with Gasteiger partial charge in [0.2, 0.25) is 6.41 Å². The average molecular weight is 254 g/mol. The molecule has 1 N–H and O–H groups in total. The van der Waals surface area contributed by atoms with Crippen LogP contribution in [0.2, 0.25) is 0 Å². The summed E-state index contributed by atoms with van der Waals surface area (Å²) in [6.45, 7) is 3.26. The maximum absolute atomic E-state index is 12.3. The number of hydrogen-bond donors (Lipinski definition) is 1. The Hall–Kier alpha value is -1.30. The number of urea groups is 1. The van der Waals surface area contributed by atoms with Gasteiger partial charge in [0.05, 0.1) is 6.04 Å². The highest BCUT2D eigenvalue weighted by molar-refractivity contribution is 5.75. The van der Waals surface area contributed by atoms with Gasteiger partial charge in [0.15, 0.2) is 0 Å². The van der Waals surface area contributed by atoms with E-state index in [-0.39, 0.29) is 12.1 Å². The van der Waals surface area contributed by atoms with Gasteiger partial charge >= 0.3 is 6.03 Å². The second-order valence-corrected chi connectivity index (χ2v) is 5.20. The van der Waals surface area contributed by atoms with Crippen LogP contribution < -0.4 is 5.32 Å². The van der Waals surface area contributed by atoms with Gasteiger partial charge in [-0.15, -0.1) is 0 Å². The van der Waals surface area contributed by atoms with Crippen molar-refractivity contribution in [3.63, 3.8) is 0 Å². The van der Waals surface area contributed by atoms with Crippen LogP contribution >= 0.6 is 0 Å². The Bertz CT molecular complexity index is 317. The quantitative estimate of drug-likeness (QED) is 0.695. The lowest BCUT2D eigenvalue weighted by molar-refractivity contribution is -0.118. The lowest BCUT2D eigenvalue weighted by Gasteiger charge is -2.29. The minimum absolute atomic E-state index is 0.0884. The number of carbonyl (C=O) groups is 2. The van der Waals surface area contributed by atoms with E-state index in [1.165, 1.54) is 0 Å². The van der Waals surface area contributed by atoms with Gasteiger partial charge in [0, 0.05) is 39.8 Å². The van der Waals surface area contributed by atoms with E-state index >= 15 is 0 Å². The molecule has 0 saturated carbocycles. The van der Waals surface area contributed by atoms with E-state index in [4.69, 9.17) is 0 Å². The van der Waals surface area contributed by atoms with Gasteiger partial charge in [-0.1, -0.05) is 0 Å². The molecule has 102 valence electrons. The predicted molar refractivity (Wildman–Crippen MR) is 68.2 cm³/mol. The van der Waals surface area contributed by atoms with Crippen LogP contribution in [-0.2, 0) is 4.79 Å². The van der Waals surface area contributed by atoms with Gasteiger partial charge in [0.25, 0.3) is 0 Å². The van der Waals surface area contributed by atoms with Crippen LogP contribution in [0.1, 0.15) is 12.8 Å². The Balaban J connectivity index is 1.88. The molecule has 3 amide bonds. The molecular weight excluding hydrogens is 232 g/mol. The van der Waals surface area contributed by atoms with Crippen molar-refractivity contribution in [2.75, 3.05) is 40.3 Å². The first-order valence-electron chi connectivity index (χ1n) is 6.53. The zero-order chi connectivity index (χ0) is 13.1. The van der Waals surface area contributed by atoms with E-state index in [1.807, 2.05) is 16.8 Å². The average Bonchev–Trinajstić information content (AvgIpc) is 3.06. The number of rotatable bonds is 3. The second-order valence-electron chi connectivity index (χ2n) is 5.20. The molecule has 2 saturated heterocycles. The van der Waals surface area contributed by atoms with Crippen molar-refractivity contribution in [3.05, 3.63) is 0 Å². The molecule has 0 spiro atoms.